The molecule has 2 aromatic heterocycles. The molecule has 0 bridgehead atoms. The number of fused-ring (bicyclic) bond motifs is 1. The van der Waals surface area contributed by atoms with Crippen LogP contribution in [0.3, 0.4) is 0 Å². The summed E-state index contributed by atoms with van der Waals surface area (Å²) in [5, 5.41) is 4.23. The summed E-state index contributed by atoms with van der Waals surface area (Å²) in [6.07, 6.45) is 12.2. The molecule has 0 atom stereocenters. The fraction of sp³-hybridized carbons (Fsp3) is 0.556. The Balaban J connectivity index is 1.85. The van der Waals surface area contributed by atoms with Crippen LogP contribution in [0.5, 0.6) is 0 Å². The fourth-order valence-electron chi connectivity index (χ4n) is 3.77. The van der Waals surface area contributed by atoms with Crippen LogP contribution in [0.1, 0.15) is 43.4 Å². The van der Waals surface area contributed by atoms with E-state index in [1.54, 1.807) is 10.9 Å². The molecule has 0 aromatic carbocycles. The predicted molar refractivity (Wildman–Crippen MR) is 86.9 cm³/mol. The topological polar surface area (TPSA) is 39.8 Å². The van der Waals surface area contributed by atoms with Crippen LogP contribution in [-0.2, 0) is 26.4 Å². The Labute approximate surface area is 130 Å². The van der Waals surface area contributed by atoms with Crippen LogP contribution in [0.4, 0.5) is 0 Å². The highest BCUT2D eigenvalue weighted by Crippen LogP contribution is 2.30. The van der Waals surface area contributed by atoms with E-state index in [4.69, 9.17) is 0 Å². The van der Waals surface area contributed by atoms with Crippen molar-refractivity contribution in [3.63, 3.8) is 0 Å². The summed E-state index contributed by atoms with van der Waals surface area (Å²) in [6, 6.07) is 2.13. The molecule has 4 nitrogen and oxygen atoms in total. The van der Waals surface area contributed by atoms with E-state index in [0.717, 1.165) is 30.5 Å². The largest absolute Gasteiger partial charge is 0.312 e. The molecule has 0 N–H and O–H groups in total. The van der Waals surface area contributed by atoms with E-state index in [2.05, 4.69) is 15.7 Å². The van der Waals surface area contributed by atoms with Crippen molar-refractivity contribution >= 4 is 0 Å². The molecular formula is C18H23N3O. The lowest BCUT2D eigenvalue weighted by Crippen LogP contribution is -2.32. The Bertz CT molecular complexity index is 752. The van der Waals surface area contributed by atoms with E-state index in [9.17, 15) is 4.79 Å². The lowest BCUT2D eigenvalue weighted by molar-refractivity contribution is 0.269. The molecule has 22 heavy (non-hydrogen) atoms. The molecule has 2 heterocycles. The first-order valence-corrected chi connectivity index (χ1v) is 8.47. The molecule has 0 radical (unpaired) electrons. The highest BCUT2D eigenvalue weighted by Gasteiger charge is 2.23. The molecular weight excluding hydrogens is 274 g/mol. The van der Waals surface area contributed by atoms with Crippen LogP contribution >= 0.6 is 0 Å². The van der Waals surface area contributed by atoms with Crippen molar-refractivity contribution in [2.24, 2.45) is 13.0 Å². The molecule has 0 saturated heterocycles. The number of aromatic nitrogens is 3. The third kappa shape index (κ3) is 2.31. The quantitative estimate of drug-likeness (QED) is 0.874. The van der Waals surface area contributed by atoms with Crippen molar-refractivity contribution in [3.05, 3.63) is 40.1 Å². The summed E-state index contributed by atoms with van der Waals surface area (Å²) in [5.41, 5.74) is 4.64. The molecule has 2 aromatic rings. The maximum atomic E-state index is 13.1. The monoisotopic (exact) mass is 297 g/mol. The van der Waals surface area contributed by atoms with E-state index in [1.807, 2.05) is 13.2 Å². The summed E-state index contributed by atoms with van der Waals surface area (Å²) in [6.45, 7) is 0.912. The first-order chi connectivity index (χ1) is 10.7. The van der Waals surface area contributed by atoms with Crippen molar-refractivity contribution in [2.45, 2.75) is 51.5 Å². The Morgan fingerprint density at radius 2 is 2.05 bits per heavy atom. The van der Waals surface area contributed by atoms with Crippen LogP contribution in [0.2, 0.25) is 0 Å². The molecule has 1 saturated carbocycles. The van der Waals surface area contributed by atoms with Gasteiger partial charge in [-0.25, -0.2) is 0 Å². The standard InChI is InChI=1S/C18H23N3O/c1-20-12-15(10-19-20)16-9-14-7-2-3-8-17(14)21(18(16)22)11-13-5-4-6-13/h9-10,12-13H,2-8,11H2,1H3. The smallest absolute Gasteiger partial charge is 0.258 e. The van der Waals surface area contributed by atoms with Gasteiger partial charge in [-0.05, 0) is 56.1 Å². The molecule has 1 fully saturated rings. The number of hydrogen-bond donors (Lipinski definition) is 0. The highest BCUT2D eigenvalue weighted by atomic mass is 16.1. The SMILES string of the molecule is Cn1cc(-c2cc3c(n(CC4CCC4)c2=O)CCCC3)cn1. The molecule has 2 aliphatic carbocycles. The van der Waals surface area contributed by atoms with E-state index in [1.165, 1.54) is 43.4 Å². The minimum absolute atomic E-state index is 0.181. The van der Waals surface area contributed by atoms with Gasteiger partial charge in [-0.1, -0.05) is 6.42 Å². The van der Waals surface area contributed by atoms with Crippen LogP contribution in [0.15, 0.2) is 23.3 Å². The second kappa shape index (κ2) is 5.41. The van der Waals surface area contributed by atoms with Crippen molar-refractivity contribution in [1.29, 1.82) is 0 Å². The lowest BCUT2D eigenvalue weighted by Gasteiger charge is -2.29. The van der Waals surface area contributed by atoms with Gasteiger partial charge in [-0.3, -0.25) is 9.48 Å². The number of hydrogen-bond acceptors (Lipinski definition) is 2. The second-order valence-electron chi connectivity index (χ2n) is 6.85. The zero-order valence-corrected chi connectivity index (χ0v) is 13.2. The van der Waals surface area contributed by atoms with Gasteiger partial charge in [0.2, 0.25) is 0 Å². The van der Waals surface area contributed by atoms with E-state index >= 15 is 0 Å². The molecule has 4 heteroatoms. The maximum Gasteiger partial charge on any atom is 0.258 e. The Hall–Kier alpha value is -1.84. The van der Waals surface area contributed by atoms with Crippen LogP contribution in [-0.4, -0.2) is 14.3 Å². The Kier molecular flexibility index (Phi) is 3.40. The van der Waals surface area contributed by atoms with E-state index in [0.29, 0.717) is 5.92 Å². The van der Waals surface area contributed by atoms with Gasteiger partial charge in [0.1, 0.15) is 0 Å². The number of rotatable bonds is 3. The van der Waals surface area contributed by atoms with Crippen molar-refractivity contribution in [3.8, 4) is 11.1 Å². The molecule has 2 aliphatic rings. The molecule has 0 unspecified atom stereocenters. The lowest BCUT2D eigenvalue weighted by atomic mass is 9.84. The van der Waals surface area contributed by atoms with Gasteiger partial charge in [0.05, 0.1) is 11.8 Å². The normalized spacial score (nSPS) is 18.0. The third-order valence-corrected chi connectivity index (χ3v) is 5.28. The Morgan fingerprint density at radius 1 is 1.23 bits per heavy atom. The first-order valence-electron chi connectivity index (χ1n) is 8.47. The summed E-state index contributed by atoms with van der Waals surface area (Å²) in [7, 11) is 1.90. The van der Waals surface area contributed by atoms with Crippen LogP contribution in [0.25, 0.3) is 11.1 Å². The summed E-state index contributed by atoms with van der Waals surface area (Å²) < 4.78 is 3.87. The minimum atomic E-state index is 0.181. The van der Waals surface area contributed by atoms with Crippen molar-refractivity contribution in [2.75, 3.05) is 0 Å². The average molecular weight is 297 g/mol. The van der Waals surface area contributed by atoms with Crippen LogP contribution < -0.4 is 5.56 Å². The molecule has 4 rings (SSSR count). The van der Waals surface area contributed by atoms with Gasteiger partial charge in [0, 0.05) is 31.0 Å². The predicted octanol–water partition coefficient (Wildman–Crippen LogP) is 2.93. The average Bonchev–Trinajstić information content (AvgIpc) is 2.90. The number of pyridine rings is 1. The summed E-state index contributed by atoms with van der Waals surface area (Å²) in [4.78, 5) is 13.1. The summed E-state index contributed by atoms with van der Waals surface area (Å²) in [5.74, 6) is 0.702. The van der Waals surface area contributed by atoms with Crippen molar-refractivity contribution in [1.82, 2.24) is 14.3 Å². The van der Waals surface area contributed by atoms with E-state index in [-0.39, 0.29) is 5.56 Å². The molecule has 0 amide bonds. The zero-order chi connectivity index (χ0) is 15.1. The van der Waals surface area contributed by atoms with Crippen molar-refractivity contribution < 1.29 is 0 Å². The van der Waals surface area contributed by atoms with Gasteiger partial charge in [-0.15, -0.1) is 0 Å². The third-order valence-electron chi connectivity index (χ3n) is 5.28. The van der Waals surface area contributed by atoms with Crippen LogP contribution in [0, 0.1) is 5.92 Å². The van der Waals surface area contributed by atoms with E-state index < -0.39 is 0 Å². The van der Waals surface area contributed by atoms with Gasteiger partial charge in [0.15, 0.2) is 0 Å². The zero-order valence-electron chi connectivity index (χ0n) is 13.2. The minimum Gasteiger partial charge on any atom is -0.312 e. The first kappa shape index (κ1) is 13.8. The number of nitrogens with zero attached hydrogens (tertiary/aromatic N) is 3. The number of aryl methyl sites for hydroxylation is 2. The van der Waals surface area contributed by atoms with Gasteiger partial charge in [0.25, 0.3) is 5.56 Å². The second-order valence-corrected chi connectivity index (χ2v) is 6.85. The van der Waals surface area contributed by atoms with Gasteiger partial charge < -0.3 is 4.57 Å². The fourth-order valence-corrected chi connectivity index (χ4v) is 3.77. The molecule has 116 valence electrons. The molecule has 0 spiro atoms. The molecule has 0 aliphatic heterocycles. The maximum absolute atomic E-state index is 13.1. The summed E-state index contributed by atoms with van der Waals surface area (Å²) >= 11 is 0. The Morgan fingerprint density at radius 3 is 2.73 bits per heavy atom. The van der Waals surface area contributed by atoms with Gasteiger partial charge >= 0.3 is 0 Å². The van der Waals surface area contributed by atoms with Gasteiger partial charge in [-0.2, -0.15) is 5.10 Å². The highest BCUT2D eigenvalue weighted by molar-refractivity contribution is 5.62.